The van der Waals surface area contributed by atoms with E-state index in [1.54, 1.807) is 11.8 Å². The Hall–Kier alpha value is -3.87. The molecule has 0 saturated heterocycles. The lowest BCUT2D eigenvalue weighted by Gasteiger charge is -2.21. The number of nitrogens with one attached hydrogen (secondary N) is 1. The second-order valence-corrected chi connectivity index (χ2v) is 11.3. The number of thioether (sulfide) groups is 1. The molecule has 0 saturated carbocycles. The molecule has 0 radical (unpaired) electrons. The van der Waals surface area contributed by atoms with E-state index in [-0.39, 0.29) is 5.91 Å². The van der Waals surface area contributed by atoms with Crippen molar-refractivity contribution in [1.82, 2.24) is 20.1 Å². The minimum atomic E-state index is -0.436. The fourth-order valence-electron chi connectivity index (χ4n) is 4.72. The number of amides is 1. The van der Waals surface area contributed by atoms with Gasteiger partial charge in [0, 0.05) is 16.3 Å². The molecule has 0 spiro atoms. The molecule has 1 N–H and O–H groups in total. The Morgan fingerprint density at radius 1 is 0.850 bits per heavy atom. The Labute approximate surface area is 244 Å². The van der Waals surface area contributed by atoms with Crippen molar-refractivity contribution in [2.45, 2.75) is 44.1 Å². The first-order valence-electron chi connectivity index (χ1n) is 13.2. The molecule has 40 heavy (non-hydrogen) atoms. The van der Waals surface area contributed by atoms with Gasteiger partial charge in [-0.3, -0.25) is 9.36 Å². The van der Waals surface area contributed by atoms with Gasteiger partial charge in [0.15, 0.2) is 11.0 Å². The number of aryl methyl sites for hydroxylation is 3. The zero-order valence-electron chi connectivity index (χ0n) is 22.8. The summed E-state index contributed by atoms with van der Waals surface area (Å²) in [5.41, 5.74) is 6.99. The molecule has 202 valence electrons. The molecule has 0 bridgehead atoms. The summed E-state index contributed by atoms with van der Waals surface area (Å²) >= 11 is 8.10. The average molecular weight is 567 g/mol. The van der Waals surface area contributed by atoms with Crippen molar-refractivity contribution in [2.24, 2.45) is 0 Å². The van der Waals surface area contributed by atoms with Crippen molar-refractivity contribution in [3.63, 3.8) is 0 Å². The summed E-state index contributed by atoms with van der Waals surface area (Å²) in [6.45, 7) is 6.08. The predicted octanol–water partition coefficient (Wildman–Crippen LogP) is 7.85. The lowest BCUT2D eigenvalue weighted by atomic mass is 10.0. The Balaban J connectivity index is 1.58. The van der Waals surface area contributed by atoms with Crippen LogP contribution < -0.4 is 5.32 Å². The van der Waals surface area contributed by atoms with E-state index in [2.05, 4.69) is 53.7 Å². The van der Waals surface area contributed by atoms with E-state index in [9.17, 15) is 4.79 Å². The highest BCUT2D eigenvalue weighted by Gasteiger charge is 2.26. The van der Waals surface area contributed by atoms with Crippen molar-refractivity contribution in [1.29, 1.82) is 0 Å². The van der Waals surface area contributed by atoms with E-state index in [1.807, 2.05) is 79.1 Å². The van der Waals surface area contributed by atoms with Crippen molar-refractivity contribution in [2.75, 3.05) is 0 Å². The van der Waals surface area contributed by atoms with Gasteiger partial charge >= 0.3 is 0 Å². The number of benzene rings is 4. The van der Waals surface area contributed by atoms with E-state index in [4.69, 9.17) is 16.7 Å². The minimum absolute atomic E-state index is 0.148. The van der Waals surface area contributed by atoms with Crippen LogP contribution in [0.5, 0.6) is 0 Å². The molecule has 1 aromatic heterocycles. The Morgan fingerprint density at radius 2 is 1.60 bits per heavy atom. The van der Waals surface area contributed by atoms with Gasteiger partial charge in [-0.15, -0.1) is 10.2 Å². The van der Waals surface area contributed by atoms with E-state index >= 15 is 0 Å². The Kier molecular flexibility index (Phi) is 8.68. The highest BCUT2D eigenvalue weighted by atomic mass is 35.5. The highest BCUT2D eigenvalue weighted by molar-refractivity contribution is 7.98. The number of hydrogen-bond acceptors (Lipinski definition) is 4. The second kappa shape index (κ2) is 12.5. The van der Waals surface area contributed by atoms with Gasteiger partial charge in [0.05, 0.1) is 11.7 Å². The maximum Gasteiger partial charge on any atom is 0.252 e. The van der Waals surface area contributed by atoms with Gasteiger partial charge < -0.3 is 5.32 Å². The van der Waals surface area contributed by atoms with Crippen LogP contribution in [0, 0.1) is 20.8 Å². The smallest absolute Gasteiger partial charge is 0.252 e. The molecule has 5 nitrogen and oxygen atoms in total. The molecule has 5 rings (SSSR count). The molecular weight excluding hydrogens is 536 g/mol. The standard InChI is InChI=1S/C33H31ClN4OS/c1-22-10-9-14-26(18-22)21-40-33-37-36-31(38(33)30-20-27(34)17-16-24(30)3)29(19-25-12-5-4-6-13-25)35-32(39)28-15-8-7-11-23(28)2/h4-18,20,29H,19,21H2,1-3H3,(H,35,39). The monoisotopic (exact) mass is 566 g/mol. The van der Waals surface area contributed by atoms with Gasteiger partial charge in [-0.1, -0.05) is 108 Å². The molecule has 0 aliphatic heterocycles. The van der Waals surface area contributed by atoms with Crippen LogP contribution in [-0.4, -0.2) is 20.7 Å². The summed E-state index contributed by atoms with van der Waals surface area (Å²) in [7, 11) is 0. The van der Waals surface area contributed by atoms with E-state index in [1.165, 1.54) is 11.1 Å². The largest absolute Gasteiger partial charge is 0.342 e. The molecule has 4 aromatic carbocycles. The van der Waals surface area contributed by atoms with Gasteiger partial charge in [-0.2, -0.15) is 0 Å². The number of rotatable bonds is 9. The van der Waals surface area contributed by atoms with Crippen molar-refractivity contribution < 1.29 is 4.79 Å². The van der Waals surface area contributed by atoms with E-state index in [0.29, 0.717) is 22.8 Å². The SMILES string of the molecule is Cc1cccc(CSc2nnc(C(Cc3ccccc3)NC(=O)c3ccccc3C)n2-c2cc(Cl)ccc2C)c1. The lowest BCUT2D eigenvalue weighted by Crippen LogP contribution is -2.32. The molecule has 1 unspecified atom stereocenters. The van der Waals surface area contributed by atoms with Gasteiger partial charge in [-0.25, -0.2) is 0 Å². The molecule has 1 heterocycles. The number of carbonyl (C=O) groups is 1. The number of nitrogens with zero attached hydrogens (tertiary/aromatic N) is 3. The molecule has 1 atom stereocenters. The quantitative estimate of drug-likeness (QED) is 0.185. The first-order chi connectivity index (χ1) is 19.4. The van der Waals surface area contributed by atoms with Crippen LogP contribution >= 0.6 is 23.4 Å². The normalized spacial score (nSPS) is 11.8. The van der Waals surface area contributed by atoms with Gasteiger partial charge in [0.1, 0.15) is 0 Å². The van der Waals surface area contributed by atoms with Gasteiger partial charge in [0.2, 0.25) is 0 Å². The summed E-state index contributed by atoms with van der Waals surface area (Å²) in [6.07, 6.45) is 0.554. The Morgan fingerprint density at radius 3 is 2.38 bits per heavy atom. The van der Waals surface area contributed by atoms with Crippen LogP contribution in [0.3, 0.4) is 0 Å². The van der Waals surface area contributed by atoms with Crippen molar-refractivity contribution in [3.05, 3.63) is 141 Å². The van der Waals surface area contributed by atoms with Gasteiger partial charge in [-0.05, 0) is 67.6 Å². The molecule has 5 aromatic rings. The lowest BCUT2D eigenvalue weighted by molar-refractivity contribution is 0.0933. The Bertz CT molecular complexity index is 1630. The summed E-state index contributed by atoms with van der Waals surface area (Å²) in [4.78, 5) is 13.6. The molecule has 1 amide bonds. The summed E-state index contributed by atoms with van der Waals surface area (Å²) in [5, 5.41) is 14.0. The summed E-state index contributed by atoms with van der Waals surface area (Å²) in [6, 6.07) is 31.6. The number of aromatic nitrogens is 3. The summed E-state index contributed by atoms with van der Waals surface area (Å²) in [5.74, 6) is 1.24. The molecule has 0 aliphatic carbocycles. The molecular formula is C33H31ClN4OS. The first-order valence-corrected chi connectivity index (χ1v) is 14.6. The van der Waals surface area contributed by atoms with Gasteiger partial charge in [0.25, 0.3) is 5.91 Å². The topological polar surface area (TPSA) is 59.8 Å². The van der Waals surface area contributed by atoms with Crippen LogP contribution in [0.4, 0.5) is 0 Å². The van der Waals surface area contributed by atoms with Crippen LogP contribution in [-0.2, 0) is 12.2 Å². The van der Waals surface area contributed by atoms with Crippen molar-refractivity contribution in [3.8, 4) is 5.69 Å². The summed E-state index contributed by atoms with van der Waals surface area (Å²) < 4.78 is 2.05. The first kappa shape index (κ1) is 27.7. The van der Waals surface area contributed by atoms with Crippen LogP contribution in [0.25, 0.3) is 5.69 Å². The van der Waals surface area contributed by atoms with E-state index < -0.39 is 6.04 Å². The fraction of sp³-hybridized carbons (Fsp3) is 0.182. The maximum absolute atomic E-state index is 13.6. The third-order valence-corrected chi connectivity index (χ3v) is 8.05. The predicted molar refractivity (Wildman–Crippen MR) is 163 cm³/mol. The van der Waals surface area contributed by atoms with Crippen molar-refractivity contribution >= 4 is 29.3 Å². The molecule has 7 heteroatoms. The zero-order valence-corrected chi connectivity index (χ0v) is 24.3. The third-order valence-electron chi connectivity index (χ3n) is 6.81. The fourth-order valence-corrected chi connectivity index (χ4v) is 5.78. The third kappa shape index (κ3) is 6.46. The highest BCUT2D eigenvalue weighted by Crippen LogP contribution is 2.32. The maximum atomic E-state index is 13.6. The molecule has 0 fully saturated rings. The van der Waals surface area contributed by atoms with Crippen LogP contribution in [0.1, 0.15) is 50.0 Å². The number of hydrogen-bond donors (Lipinski definition) is 1. The molecule has 0 aliphatic rings. The van der Waals surface area contributed by atoms with Crippen LogP contribution in [0.2, 0.25) is 5.02 Å². The number of halogens is 1. The number of carbonyl (C=O) groups excluding carboxylic acids is 1. The second-order valence-electron chi connectivity index (χ2n) is 9.92. The minimum Gasteiger partial charge on any atom is -0.342 e. The van der Waals surface area contributed by atoms with Crippen LogP contribution in [0.15, 0.2) is 102 Å². The zero-order chi connectivity index (χ0) is 28.1. The van der Waals surface area contributed by atoms with E-state index in [0.717, 1.165) is 33.3 Å². The average Bonchev–Trinajstić information content (AvgIpc) is 3.37.